The summed E-state index contributed by atoms with van der Waals surface area (Å²) in [6, 6.07) is 23.5. The zero-order chi connectivity index (χ0) is 27.4. The van der Waals surface area contributed by atoms with Crippen LogP contribution < -0.4 is 9.64 Å². The topological polar surface area (TPSA) is 92.6 Å². The van der Waals surface area contributed by atoms with Crippen LogP contribution in [-0.4, -0.2) is 33.6 Å². The number of aryl methyl sites for hydroxylation is 1. The number of Topliss-reactive ketones (excluding diaryl/α,β-unsaturated/α-hetero) is 1. The third-order valence-corrected chi connectivity index (χ3v) is 8.37. The number of rotatable bonds is 9. The van der Waals surface area contributed by atoms with Gasteiger partial charge in [-0.2, -0.15) is 0 Å². The van der Waals surface area contributed by atoms with Crippen molar-refractivity contribution in [2.24, 2.45) is 0 Å². The number of aliphatic hydroxyl groups is 1. The van der Waals surface area contributed by atoms with Gasteiger partial charge in [-0.15, -0.1) is 10.2 Å². The van der Waals surface area contributed by atoms with Crippen LogP contribution >= 0.6 is 23.1 Å². The first-order valence-electron chi connectivity index (χ1n) is 12.6. The first-order valence-corrected chi connectivity index (χ1v) is 14.4. The summed E-state index contributed by atoms with van der Waals surface area (Å²) >= 11 is 2.76. The smallest absolute Gasteiger partial charge is 0.301 e. The molecule has 1 aliphatic heterocycles. The molecule has 1 fully saturated rings. The molecule has 1 atom stereocenters. The summed E-state index contributed by atoms with van der Waals surface area (Å²) in [5.74, 6) is -0.392. The van der Waals surface area contributed by atoms with Gasteiger partial charge in [-0.3, -0.25) is 14.5 Å². The minimum Gasteiger partial charge on any atom is -0.507 e. The number of aromatic nitrogens is 2. The van der Waals surface area contributed by atoms with E-state index in [0.29, 0.717) is 38.7 Å². The van der Waals surface area contributed by atoms with E-state index >= 15 is 0 Å². The molecule has 9 heteroatoms. The van der Waals surface area contributed by atoms with E-state index in [1.807, 2.05) is 68.4 Å². The normalized spacial score (nSPS) is 16.6. The van der Waals surface area contributed by atoms with E-state index in [9.17, 15) is 14.7 Å². The largest absolute Gasteiger partial charge is 0.507 e. The molecule has 5 rings (SSSR count). The Bertz CT molecular complexity index is 1500. The second kappa shape index (κ2) is 11.8. The van der Waals surface area contributed by atoms with E-state index in [4.69, 9.17) is 4.74 Å². The van der Waals surface area contributed by atoms with Gasteiger partial charge in [-0.05, 0) is 48.7 Å². The fraction of sp³-hybridized carbons (Fsp3) is 0.200. The molecular weight excluding hydrogens is 530 g/mol. The van der Waals surface area contributed by atoms with E-state index in [-0.39, 0.29) is 11.3 Å². The number of benzene rings is 3. The quantitative estimate of drug-likeness (QED) is 0.0820. The van der Waals surface area contributed by atoms with Crippen LogP contribution in [-0.2, 0) is 15.3 Å². The second-order valence-corrected chi connectivity index (χ2v) is 11.3. The summed E-state index contributed by atoms with van der Waals surface area (Å²) in [5.41, 5.74) is 3.31. The Morgan fingerprint density at radius 2 is 1.72 bits per heavy atom. The highest BCUT2D eigenvalue weighted by Gasteiger charge is 2.48. The summed E-state index contributed by atoms with van der Waals surface area (Å²) in [6.07, 6.45) is 0.875. The van der Waals surface area contributed by atoms with Crippen molar-refractivity contribution in [3.8, 4) is 5.75 Å². The molecule has 7 nitrogen and oxygen atoms in total. The predicted octanol–water partition coefficient (Wildman–Crippen LogP) is 6.55. The minimum absolute atomic E-state index is 0.0137. The number of thioether (sulfide) groups is 1. The lowest BCUT2D eigenvalue weighted by Crippen LogP contribution is -2.29. The Morgan fingerprint density at radius 1 is 1.00 bits per heavy atom. The summed E-state index contributed by atoms with van der Waals surface area (Å²) in [5, 5.41) is 20.2. The zero-order valence-electron chi connectivity index (χ0n) is 21.5. The molecule has 1 N–H and O–H groups in total. The fourth-order valence-electron chi connectivity index (χ4n) is 4.26. The predicted molar refractivity (Wildman–Crippen MR) is 154 cm³/mol. The minimum atomic E-state index is -0.846. The molecule has 39 heavy (non-hydrogen) atoms. The van der Waals surface area contributed by atoms with Crippen molar-refractivity contribution < 1.29 is 19.4 Å². The van der Waals surface area contributed by atoms with Crippen molar-refractivity contribution in [2.75, 3.05) is 11.5 Å². The van der Waals surface area contributed by atoms with Gasteiger partial charge in [-0.25, -0.2) is 0 Å². The Hall–Kier alpha value is -3.95. The van der Waals surface area contributed by atoms with Crippen molar-refractivity contribution in [1.82, 2.24) is 10.2 Å². The van der Waals surface area contributed by atoms with Crippen LogP contribution in [0.15, 0.2) is 88.8 Å². The van der Waals surface area contributed by atoms with Crippen LogP contribution in [0.3, 0.4) is 0 Å². The Labute approximate surface area is 235 Å². The van der Waals surface area contributed by atoms with Crippen LogP contribution in [0.25, 0.3) is 5.76 Å². The maximum Gasteiger partial charge on any atom is 0.301 e. The molecule has 0 spiro atoms. The van der Waals surface area contributed by atoms with E-state index in [2.05, 4.69) is 10.2 Å². The number of carbonyl (C=O) groups is 2. The van der Waals surface area contributed by atoms with Crippen LogP contribution in [0.4, 0.5) is 5.13 Å². The van der Waals surface area contributed by atoms with Crippen LogP contribution in [0.1, 0.15) is 41.6 Å². The molecule has 0 aliphatic carbocycles. The number of hydrogen-bond acceptors (Lipinski definition) is 8. The summed E-state index contributed by atoms with van der Waals surface area (Å²) in [4.78, 5) is 28.2. The summed E-state index contributed by atoms with van der Waals surface area (Å²) in [7, 11) is 0. The lowest BCUT2D eigenvalue weighted by atomic mass is 9.95. The molecule has 4 aromatic rings. The fourth-order valence-corrected chi connectivity index (χ4v) is 6.08. The number of carbonyl (C=O) groups excluding carboxylic acids is 2. The number of aliphatic hydroxyl groups excluding tert-OH is 1. The number of nitrogens with zero attached hydrogens (tertiary/aromatic N) is 3. The van der Waals surface area contributed by atoms with Gasteiger partial charge >= 0.3 is 5.91 Å². The van der Waals surface area contributed by atoms with Gasteiger partial charge in [0.1, 0.15) is 11.5 Å². The molecule has 1 saturated heterocycles. The maximum atomic E-state index is 13.4. The molecule has 0 radical (unpaired) electrons. The molecule has 0 bridgehead atoms. The molecule has 198 valence electrons. The van der Waals surface area contributed by atoms with Gasteiger partial charge in [0.15, 0.2) is 4.34 Å². The summed E-state index contributed by atoms with van der Waals surface area (Å²) < 4.78 is 6.32. The number of amides is 1. The lowest BCUT2D eigenvalue weighted by molar-refractivity contribution is -0.132. The van der Waals surface area contributed by atoms with Gasteiger partial charge in [0.2, 0.25) is 5.13 Å². The molecule has 1 aliphatic rings. The number of ketones is 1. The number of ether oxygens (including phenoxy) is 1. The first-order chi connectivity index (χ1) is 19.0. The van der Waals surface area contributed by atoms with Gasteiger partial charge in [-0.1, -0.05) is 90.2 Å². The first kappa shape index (κ1) is 26.6. The zero-order valence-corrected chi connectivity index (χ0v) is 23.2. The monoisotopic (exact) mass is 557 g/mol. The lowest BCUT2D eigenvalue weighted by Gasteiger charge is -2.22. The van der Waals surface area contributed by atoms with E-state index < -0.39 is 17.7 Å². The molecule has 1 aromatic heterocycles. The van der Waals surface area contributed by atoms with Crippen molar-refractivity contribution >= 4 is 45.7 Å². The average Bonchev–Trinajstić information content (AvgIpc) is 3.53. The highest BCUT2D eigenvalue weighted by molar-refractivity contribution is 8.00. The highest BCUT2D eigenvalue weighted by atomic mass is 32.2. The number of hydrogen-bond donors (Lipinski definition) is 1. The third-order valence-electron chi connectivity index (χ3n) is 6.25. The molecule has 1 amide bonds. The van der Waals surface area contributed by atoms with Gasteiger partial charge in [0, 0.05) is 11.3 Å². The molecule has 2 heterocycles. The van der Waals surface area contributed by atoms with Crippen molar-refractivity contribution in [3.63, 3.8) is 0 Å². The highest BCUT2D eigenvalue weighted by Crippen LogP contribution is 2.44. The van der Waals surface area contributed by atoms with Crippen LogP contribution in [0.5, 0.6) is 5.75 Å². The Kier molecular flexibility index (Phi) is 8.09. The van der Waals surface area contributed by atoms with E-state index in [0.717, 1.165) is 17.5 Å². The second-order valence-electron chi connectivity index (χ2n) is 9.08. The van der Waals surface area contributed by atoms with Crippen molar-refractivity contribution in [3.05, 3.63) is 107 Å². The van der Waals surface area contributed by atoms with Gasteiger partial charge < -0.3 is 9.84 Å². The van der Waals surface area contributed by atoms with Gasteiger partial charge in [0.05, 0.1) is 18.2 Å². The van der Waals surface area contributed by atoms with Crippen molar-refractivity contribution in [1.29, 1.82) is 0 Å². The molecule has 3 aromatic carbocycles. The third kappa shape index (κ3) is 5.74. The Morgan fingerprint density at radius 3 is 2.41 bits per heavy atom. The van der Waals surface area contributed by atoms with Crippen molar-refractivity contribution in [2.45, 2.75) is 36.4 Å². The molecule has 1 unspecified atom stereocenters. The van der Waals surface area contributed by atoms with Crippen LogP contribution in [0.2, 0.25) is 0 Å². The molecule has 0 saturated carbocycles. The summed E-state index contributed by atoms with van der Waals surface area (Å²) in [6.45, 7) is 4.56. The Balaban J connectivity index is 1.51. The standard InChI is InChI=1S/C30H27N3O4S2/c1-3-17-37-23-15-13-22(14-16-23)26(34)24-25(21-11-9-19(2)10-12-21)33(28(36)27(24)35)29-31-32-30(39-29)38-18-20-7-5-4-6-8-20/h4-16,25,34H,3,17-18H2,1-2H3/b26-24+. The molecular formula is C30H27N3O4S2. The van der Waals surface area contributed by atoms with E-state index in [1.54, 1.807) is 24.3 Å². The SMILES string of the molecule is CCCOc1ccc(/C(O)=C2\C(=O)C(=O)N(c3nnc(SCc4ccccc4)s3)C2c2ccc(C)cc2)cc1. The maximum absolute atomic E-state index is 13.4. The van der Waals surface area contributed by atoms with E-state index in [1.165, 1.54) is 28.0 Å². The van der Waals surface area contributed by atoms with Gasteiger partial charge in [0.25, 0.3) is 5.78 Å². The van der Waals surface area contributed by atoms with Crippen LogP contribution in [0, 0.1) is 6.92 Å². The average molecular weight is 558 g/mol. The number of anilines is 1.